The smallest absolute Gasteiger partial charge is 0.120 e. The van der Waals surface area contributed by atoms with Gasteiger partial charge in [-0.25, -0.2) is 4.79 Å². The van der Waals surface area contributed by atoms with E-state index in [0.29, 0.717) is 12.3 Å². The van der Waals surface area contributed by atoms with Crippen molar-refractivity contribution in [3.63, 3.8) is 0 Å². The minimum atomic E-state index is 0.565. The van der Waals surface area contributed by atoms with Gasteiger partial charge in [-0.3, -0.25) is 0 Å². The molecule has 0 aliphatic heterocycles. The summed E-state index contributed by atoms with van der Waals surface area (Å²) in [6.45, 7) is 4.33. The van der Waals surface area contributed by atoms with E-state index in [-0.39, 0.29) is 0 Å². The Balaban J connectivity index is 2.75. The van der Waals surface area contributed by atoms with E-state index >= 15 is 0 Å². The summed E-state index contributed by atoms with van der Waals surface area (Å²) in [5, 5.41) is 0. The molecule has 0 atom stereocenters. The predicted molar refractivity (Wildman–Crippen MR) is 54.5 cm³/mol. The normalized spacial score (nSPS) is 9.77. The molecule has 0 amide bonds. The number of rotatable bonds is 3. The highest BCUT2D eigenvalue weighted by Gasteiger charge is 1.97. The lowest BCUT2D eigenvalue weighted by Crippen LogP contribution is -1.88. The second-order valence-corrected chi connectivity index (χ2v) is 3.42. The fraction of sp³-hybridized carbons (Fsp3) is 0.333. The molecule has 1 nitrogen and oxygen atoms in total. The molecule has 0 spiro atoms. The molecular weight excluding hydrogens is 160 g/mol. The van der Waals surface area contributed by atoms with Crippen LogP contribution in [0.1, 0.15) is 30.9 Å². The summed E-state index contributed by atoms with van der Waals surface area (Å²) in [6, 6.07) is 8.34. The van der Waals surface area contributed by atoms with E-state index in [1.165, 1.54) is 11.6 Å². The molecule has 0 fully saturated rings. The van der Waals surface area contributed by atoms with Crippen LogP contribution >= 0.6 is 0 Å². The molecule has 0 heterocycles. The maximum absolute atomic E-state index is 9.97. The highest BCUT2D eigenvalue weighted by molar-refractivity contribution is 5.46. The van der Waals surface area contributed by atoms with Gasteiger partial charge in [0.15, 0.2) is 0 Å². The third-order valence-electron chi connectivity index (χ3n) is 2.07. The molecule has 0 N–H and O–H groups in total. The van der Waals surface area contributed by atoms with Crippen molar-refractivity contribution in [2.45, 2.75) is 26.2 Å². The summed E-state index contributed by atoms with van der Waals surface area (Å²) in [5.74, 6) is 2.34. The summed E-state index contributed by atoms with van der Waals surface area (Å²) >= 11 is 0. The van der Waals surface area contributed by atoms with E-state index in [4.69, 9.17) is 0 Å². The first-order chi connectivity index (χ1) is 6.24. The molecule has 0 saturated carbocycles. The minimum absolute atomic E-state index is 0.565. The molecule has 1 rings (SSSR count). The van der Waals surface area contributed by atoms with Crippen LogP contribution in [0, 0.1) is 0 Å². The van der Waals surface area contributed by atoms with Gasteiger partial charge in [0.25, 0.3) is 0 Å². The topological polar surface area (TPSA) is 17.1 Å². The molecule has 1 heteroatoms. The fourth-order valence-electron chi connectivity index (χ4n) is 1.20. The Labute approximate surface area is 79.1 Å². The van der Waals surface area contributed by atoms with Gasteiger partial charge >= 0.3 is 0 Å². The highest BCUT2D eigenvalue weighted by atomic mass is 16.1. The van der Waals surface area contributed by atoms with Crippen LogP contribution in [0.5, 0.6) is 0 Å². The Bertz CT molecular complexity index is 302. The van der Waals surface area contributed by atoms with Crippen LogP contribution < -0.4 is 0 Å². The molecule has 0 aliphatic rings. The lowest BCUT2D eigenvalue weighted by atomic mass is 10.0. The van der Waals surface area contributed by atoms with Crippen LogP contribution in [0.15, 0.2) is 30.3 Å². The molecule has 0 unspecified atom stereocenters. The van der Waals surface area contributed by atoms with Crippen molar-refractivity contribution in [1.82, 2.24) is 0 Å². The molecule has 1 aromatic rings. The lowest BCUT2D eigenvalue weighted by molar-refractivity contribution is 0.568. The molecule has 0 saturated heterocycles. The lowest BCUT2D eigenvalue weighted by Gasteiger charge is -2.04. The first-order valence-electron chi connectivity index (χ1n) is 4.52. The number of hydrogen-bond acceptors (Lipinski definition) is 1. The van der Waals surface area contributed by atoms with Gasteiger partial charge < -0.3 is 0 Å². The molecule has 0 aliphatic carbocycles. The Morgan fingerprint density at radius 3 is 2.38 bits per heavy atom. The molecule has 13 heavy (non-hydrogen) atoms. The SMILES string of the molecule is CC(C)c1ccc(CC=C=O)cc1. The van der Waals surface area contributed by atoms with Crippen molar-refractivity contribution in [3.8, 4) is 0 Å². The van der Waals surface area contributed by atoms with E-state index in [1.54, 1.807) is 5.94 Å². The van der Waals surface area contributed by atoms with E-state index < -0.39 is 0 Å². The van der Waals surface area contributed by atoms with E-state index in [1.807, 2.05) is 0 Å². The average Bonchev–Trinajstić information content (AvgIpc) is 2.15. The van der Waals surface area contributed by atoms with Crippen molar-refractivity contribution in [2.24, 2.45) is 0 Å². The van der Waals surface area contributed by atoms with Gasteiger partial charge in [0.1, 0.15) is 5.94 Å². The third-order valence-corrected chi connectivity index (χ3v) is 2.07. The Kier molecular flexibility index (Phi) is 3.48. The van der Waals surface area contributed by atoms with Gasteiger partial charge in [0, 0.05) is 12.5 Å². The van der Waals surface area contributed by atoms with Crippen LogP contribution in [0.2, 0.25) is 0 Å². The van der Waals surface area contributed by atoms with Crippen LogP contribution in [0.25, 0.3) is 0 Å². The Morgan fingerprint density at radius 1 is 1.31 bits per heavy atom. The van der Waals surface area contributed by atoms with Crippen molar-refractivity contribution in [1.29, 1.82) is 0 Å². The summed E-state index contributed by atoms with van der Waals surface area (Å²) in [6.07, 6.45) is 2.19. The summed E-state index contributed by atoms with van der Waals surface area (Å²) in [4.78, 5) is 9.97. The average molecular weight is 174 g/mol. The largest absolute Gasteiger partial charge is 0.234 e. The highest BCUT2D eigenvalue weighted by Crippen LogP contribution is 2.14. The summed E-state index contributed by atoms with van der Waals surface area (Å²) in [5.41, 5.74) is 2.49. The van der Waals surface area contributed by atoms with Crippen LogP contribution in [-0.4, -0.2) is 5.94 Å². The number of allylic oxidation sites excluding steroid dienone is 1. The molecular formula is C12H14O. The maximum atomic E-state index is 9.97. The van der Waals surface area contributed by atoms with Gasteiger partial charge in [-0.05, 0) is 17.0 Å². The van der Waals surface area contributed by atoms with Crippen molar-refractivity contribution in [3.05, 3.63) is 41.5 Å². The second kappa shape index (κ2) is 4.64. The summed E-state index contributed by atoms with van der Waals surface area (Å²) < 4.78 is 0. The molecule has 1 aromatic carbocycles. The quantitative estimate of drug-likeness (QED) is 0.644. The fourth-order valence-corrected chi connectivity index (χ4v) is 1.20. The monoisotopic (exact) mass is 174 g/mol. The van der Waals surface area contributed by atoms with E-state index in [9.17, 15) is 4.79 Å². The summed E-state index contributed by atoms with van der Waals surface area (Å²) in [7, 11) is 0. The van der Waals surface area contributed by atoms with Gasteiger partial charge in [-0.2, -0.15) is 0 Å². The van der Waals surface area contributed by atoms with Crippen LogP contribution in [0.3, 0.4) is 0 Å². The maximum Gasteiger partial charge on any atom is 0.120 e. The molecule has 68 valence electrons. The Morgan fingerprint density at radius 2 is 1.92 bits per heavy atom. The number of carbonyl (C=O) groups excluding carboxylic acids is 1. The zero-order valence-electron chi connectivity index (χ0n) is 8.08. The minimum Gasteiger partial charge on any atom is -0.234 e. The van der Waals surface area contributed by atoms with E-state index in [2.05, 4.69) is 38.1 Å². The number of benzene rings is 1. The van der Waals surface area contributed by atoms with Crippen molar-refractivity contribution >= 4 is 5.94 Å². The van der Waals surface area contributed by atoms with E-state index in [0.717, 1.165) is 5.56 Å². The van der Waals surface area contributed by atoms with Gasteiger partial charge in [0.2, 0.25) is 0 Å². The Hall–Kier alpha value is -1.33. The van der Waals surface area contributed by atoms with Gasteiger partial charge in [-0.15, -0.1) is 0 Å². The van der Waals surface area contributed by atoms with Gasteiger partial charge in [-0.1, -0.05) is 38.1 Å². The van der Waals surface area contributed by atoms with Crippen LogP contribution in [-0.2, 0) is 11.2 Å². The zero-order chi connectivity index (χ0) is 9.68. The molecule has 0 radical (unpaired) electrons. The molecule has 0 bridgehead atoms. The molecule has 0 aromatic heterocycles. The first kappa shape index (κ1) is 9.76. The van der Waals surface area contributed by atoms with Gasteiger partial charge in [0.05, 0.1) is 0 Å². The van der Waals surface area contributed by atoms with Crippen LogP contribution in [0.4, 0.5) is 0 Å². The second-order valence-electron chi connectivity index (χ2n) is 3.42. The number of hydrogen-bond donors (Lipinski definition) is 0. The standard InChI is InChI=1S/C12H14O/c1-10(2)12-7-5-11(6-8-12)4-3-9-13/h3,5-8,10H,4H2,1-2H3. The first-order valence-corrected chi connectivity index (χ1v) is 4.52. The zero-order valence-corrected chi connectivity index (χ0v) is 8.08. The predicted octanol–water partition coefficient (Wildman–Crippen LogP) is 2.74. The van der Waals surface area contributed by atoms with Crippen molar-refractivity contribution < 1.29 is 4.79 Å². The third kappa shape index (κ3) is 2.89. The van der Waals surface area contributed by atoms with Crippen molar-refractivity contribution in [2.75, 3.05) is 0 Å².